The number of hydrogen-bond acceptors (Lipinski definition) is 8. The van der Waals surface area contributed by atoms with Gasteiger partial charge < -0.3 is 34.7 Å². The molecular weight excluding hydrogens is 634 g/mol. The lowest BCUT2D eigenvalue weighted by Gasteiger charge is -2.27. The van der Waals surface area contributed by atoms with Crippen molar-refractivity contribution in [2.24, 2.45) is 5.41 Å². The molecule has 3 aromatic carbocycles. The first-order chi connectivity index (χ1) is 23.8. The van der Waals surface area contributed by atoms with E-state index in [2.05, 4.69) is 30.5 Å². The number of aromatic hydroxyl groups is 1. The van der Waals surface area contributed by atoms with Crippen LogP contribution in [0.2, 0.25) is 0 Å². The third-order valence-corrected chi connectivity index (χ3v) is 8.20. The number of rotatable bonds is 14. The van der Waals surface area contributed by atoms with Crippen LogP contribution in [0.1, 0.15) is 59.4 Å². The topological polar surface area (TPSA) is 128 Å². The number of pyridine rings is 1. The number of aromatic nitrogens is 1. The molecule has 0 aliphatic carbocycles. The number of ether oxygens (including phenoxy) is 4. The van der Waals surface area contributed by atoms with Crippen LogP contribution in [0, 0.1) is 5.41 Å². The highest BCUT2D eigenvalue weighted by molar-refractivity contribution is 5.86. The van der Waals surface area contributed by atoms with Crippen LogP contribution in [0.5, 0.6) is 23.1 Å². The molecule has 1 aromatic heterocycles. The lowest BCUT2D eigenvalue weighted by Crippen LogP contribution is -2.50. The number of nitrogens with zero attached hydrogens (tertiary/aromatic N) is 1. The van der Waals surface area contributed by atoms with E-state index in [4.69, 9.17) is 23.9 Å². The normalized spacial score (nSPS) is 13.0. The summed E-state index contributed by atoms with van der Waals surface area (Å²) in [5, 5.41) is 15.4. The van der Waals surface area contributed by atoms with Crippen LogP contribution >= 0.6 is 0 Å². The maximum atomic E-state index is 13.3. The average Bonchev–Trinajstić information content (AvgIpc) is 3.55. The Morgan fingerprint density at radius 3 is 2.34 bits per heavy atom. The zero-order chi connectivity index (χ0) is 35.7. The summed E-state index contributed by atoms with van der Waals surface area (Å²) < 4.78 is 22.7. The van der Waals surface area contributed by atoms with Crippen molar-refractivity contribution in [2.45, 2.75) is 71.9 Å². The predicted octanol–water partition coefficient (Wildman–Crippen LogP) is 7.68. The van der Waals surface area contributed by atoms with Crippen LogP contribution in [0.3, 0.4) is 0 Å². The molecule has 0 spiro atoms. The second-order valence-electron chi connectivity index (χ2n) is 14.3. The van der Waals surface area contributed by atoms with Crippen LogP contribution in [0.4, 0.5) is 4.79 Å². The molecule has 0 radical (unpaired) electrons. The maximum absolute atomic E-state index is 13.3. The average molecular weight is 682 g/mol. The number of nitrogens with one attached hydrogen (secondary N) is 2. The minimum Gasteiger partial charge on any atom is -0.508 e. The molecule has 0 fully saturated rings. The largest absolute Gasteiger partial charge is 0.508 e. The number of carbonyl (C=O) groups excluding carboxylic acids is 2. The summed E-state index contributed by atoms with van der Waals surface area (Å²) in [6.45, 7) is 10.6. The van der Waals surface area contributed by atoms with E-state index >= 15 is 0 Å². The lowest BCUT2D eigenvalue weighted by atomic mass is 9.87. The minimum absolute atomic E-state index is 0.130. The van der Waals surface area contributed by atoms with Crippen LogP contribution < -0.4 is 24.8 Å². The van der Waals surface area contributed by atoms with Gasteiger partial charge in [-0.15, -0.1) is 0 Å². The summed E-state index contributed by atoms with van der Waals surface area (Å²) in [5.41, 5.74) is 3.65. The van der Waals surface area contributed by atoms with Gasteiger partial charge in [-0.05, 0) is 92.5 Å². The number of hydrogen-bond donors (Lipinski definition) is 3. The van der Waals surface area contributed by atoms with Gasteiger partial charge in [-0.3, -0.25) is 4.79 Å². The first-order valence-electron chi connectivity index (χ1n) is 17.0. The molecule has 0 bridgehead atoms. The number of alkyl carbamates (subject to hydrolysis) is 1. The van der Waals surface area contributed by atoms with Gasteiger partial charge in [-0.1, -0.05) is 62.4 Å². The Bertz CT molecular complexity index is 1750. The number of phenolic OH excluding ortho intramolecular Hbond substituents is 1. The molecule has 10 nitrogen and oxygen atoms in total. The van der Waals surface area contributed by atoms with Gasteiger partial charge in [0.05, 0.1) is 12.3 Å². The smallest absolute Gasteiger partial charge is 0.408 e. The maximum Gasteiger partial charge on any atom is 0.408 e. The van der Waals surface area contributed by atoms with Crippen molar-refractivity contribution in [3.63, 3.8) is 0 Å². The van der Waals surface area contributed by atoms with Gasteiger partial charge in [-0.25, -0.2) is 9.78 Å². The van der Waals surface area contributed by atoms with E-state index in [1.165, 1.54) is 0 Å². The summed E-state index contributed by atoms with van der Waals surface area (Å²) in [6, 6.07) is 25.6. The predicted molar refractivity (Wildman–Crippen MR) is 192 cm³/mol. The summed E-state index contributed by atoms with van der Waals surface area (Å²) in [6.07, 6.45) is 2.11. The van der Waals surface area contributed by atoms with Crippen molar-refractivity contribution >= 4 is 12.0 Å². The summed E-state index contributed by atoms with van der Waals surface area (Å²) in [4.78, 5) is 30.7. The number of fused-ring (bicyclic) bond motifs is 1. The molecule has 10 heteroatoms. The Kier molecular flexibility index (Phi) is 11.5. The Labute approximate surface area is 294 Å². The van der Waals surface area contributed by atoms with E-state index in [0.717, 1.165) is 53.0 Å². The molecule has 4 aromatic rings. The quantitative estimate of drug-likeness (QED) is 0.116. The Morgan fingerprint density at radius 1 is 0.860 bits per heavy atom. The van der Waals surface area contributed by atoms with Crippen LogP contribution in [0.25, 0.3) is 22.4 Å². The Morgan fingerprint density at radius 2 is 1.60 bits per heavy atom. The van der Waals surface area contributed by atoms with E-state index in [1.54, 1.807) is 45.0 Å². The molecule has 0 saturated heterocycles. The number of benzene rings is 3. The van der Waals surface area contributed by atoms with Crippen LogP contribution in [-0.2, 0) is 16.0 Å². The highest BCUT2D eigenvalue weighted by Gasteiger charge is 2.27. The number of phenols is 1. The van der Waals surface area contributed by atoms with E-state index in [-0.39, 0.29) is 30.3 Å². The molecule has 2 heterocycles. The highest BCUT2D eigenvalue weighted by atomic mass is 16.7. The second kappa shape index (κ2) is 16.0. The van der Waals surface area contributed by atoms with Crippen molar-refractivity contribution in [1.29, 1.82) is 0 Å². The molecule has 0 unspecified atom stereocenters. The number of unbranched alkanes of at least 4 members (excludes halogenated alkanes) is 1. The fraction of sp³-hybridized carbons (Fsp3) is 0.375. The van der Waals surface area contributed by atoms with Crippen molar-refractivity contribution < 1.29 is 33.6 Å². The molecule has 264 valence electrons. The van der Waals surface area contributed by atoms with Gasteiger partial charge in [0.25, 0.3) is 0 Å². The highest BCUT2D eigenvalue weighted by Crippen LogP contribution is 2.37. The van der Waals surface area contributed by atoms with E-state index in [9.17, 15) is 14.7 Å². The number of carbonyl (C=O) groups is 2. The van der Waals surface area contributed by atoms with Gasteiger partial charge in [0.15, 0.2) is 11.5 Å². The molecule has 50 heavy (non-hydrogen) atoms. The van der Waals surface area contributed by atoms with Gasteiger partial charge in [-0.2, -0.15) is 0 Å². The summed E-state index contributed by atoms with van der Waals surface area (Å²) >= 11 is 0. The van der Waals surface area contributed by atoms with E-state index in [0.29, 0.717) is 24.8 Å². The molecule has 2 amide bonds. The molecule has 1 atom stereocenters. The van der Waals surface area contributed by atoms with Crippen LogP contribution in [-0.4, -0.2) is 53.7 Å². The second-order valence-corrected chi connectivity index (χ2v) is 14.3. The lowest BCUT2D eigenvalue weighted by molar-refractivity contribution is -0.123. The Balaban J connectivity index is 1.15. The number of amides is 2. The van der Waals surface area contributed by atoms with Crippen LogP contribution in [0.15, 0.2) is 84.9 Å². The zero-order valence-electron chi connectivity index (χ0n) is 29.5. The Hall–Kier alpha value is -5.25. The molecule has 1 aliphatic heterocycles. The fourth-order valence-electron chi connectivity index (χ4n) is 5.53. The standard InChI is InChI=1S/C40H47N3O7/c1-39(2,3)50-38(46)43-33(21-27-13-16-31(44)17-14-27)37(45)41-25-40(4,5)19-9-10-20-47-36-24-30(22-32(42-36)28-11-7-6-8-12-28)29-15-18-34-35(23-29)49-26-48-34/h6-8,11-18,22-24,33,44H,9-10,19-21,25-26H2,1-5H3,(H,41,45)(H,43,46)/t33-/m0/s1. The van der Waals surface area contributed by atoms with Crippen molar-refractivity contribution in [2.75, 3.05) is 19.9 Å². The monoisotopic (exact) mass is 681 g/mol. The summed E-state index contributed by atoms with van der Waals surface area (Å²) in [7, 11) is 0. The van der Waals surface area contributed by atoms with E-state index in [1.807, 2.05) is 54.6 Å². The molecular formula is C40H47N3O7. The molecule has 0 saturated carbocycles. The molecule has 1 aliphatic rings. The zero-order valence-corrected chi connectivity index (χ0v) is 29.5. The van der Waals surface area contributed by atoms with Gasteiger partial charge in [0.2, 0.25) is 18.6 Å². The fourth-order valence-corrected chi connectivity index (χ4v) is 5.53. The third-order valence-electron chi connectivity index (χ3n) is 8.20. The van der Waals surface area contributed by atoms with Crippen molar-refractivity contribution in [3.8, 4) is 45.5 Å². The van der Waals surface area contributed by atoms with Crippen molar-refractivity contribution in [3.05, 3.63) is 90.5 Å². The minimum atomic E-state index is -0.847. The first kappa shape index (κ1) is 36.0. The van der Waals surface area contributed by atoms with Crippen molar-refractivity contribution in [1.82, 2.24) is 15.6 Å². The van der Waals surface area contributed by atoms with Gasteiger partial charge in [0.1, 0.15) is 17.4 Å². The third kappa shape index (κ3) is 10.6. The molecule has 5 rings (SSSR count). The SMILES string of the molecule is CC(C)(CCCCOc1cc(-c2ccc3c(c2)OCO3)cc(-c2ccccc2)n1)CNC(=O)[C@H](Cc1ccc(O)cc1)NC(=O)OC(C)(C)C. The van der Waals surface area contributed by atoms with E-state index < -0.39 is 17.7 Å². The van der Waals surface area contributed by atoms with Gasteiger partial charge >= 0.3 is 6.09 Å². The first-order valence-corrected chi connectivity index (χ1v) is 17.0. The summed E-state index contributed by atoms with van der Waals surface area (Å²) in [5.74, 6) is 1.82. The molecule has 3 N–H and O–H groups in total. The van der Waals surface area contributed by atoms with Gasteiger partial charge in [0, 0.05) is 24.6 Å².